The predicted octanol–water partition coefficient (Wildman–Crippen LogP) is 3.81. The van der Waals surface area contributed by atoms with Gasteiger partial charge >= 0.3 is 0 Å². The van der Waals surface area contributed by atoms with E-state index in [0.29, 0.717) is 0 Å². The third-order valence-electron chi connectivity index (χ3n) is 3.29. The molecular formula is C14H14ClNO. The average molecular weight is 248 g/mol. The predicted molar refractivity (Wildman–Crippen MR) is 71.3 cm³/mol. The second-order valence-corrected chi connectivity index (χ2v) is 4.97. The fourth-order valence-electron chi connectivity index (χ4n) is 2.27. The van der Waals surface area contributed by atoms with E-state index in [1.807, 2.05) is 24.5 Å². The molecule has 0 radical (unpaired) electrons. The standard InChI is InChI=1S/C14H14ClNO/c1-16-6-4-10(5-7-16)13-9-17-14-3-2-11(15)8-12(13)14/h2-4,8-9H,5-7H2,1H3. The Morgan fingerprint density at radius 2 is 2.24 bits per heavy atom. The van der Waals surface area contributed by atoms with Crippen LogP contribution < -0.4 is 0 Å². The molecule has 1 aliphatic rings. The van der Waals surface area contributed by atoms with Gasteiger partial charge in [0.2, 0.25) is 0 Å². The van der Waals surface area contributed by atoms with Crippen molar-refractivity contribution in [2.75, 3.05) is 20.1 Å². The van der Waals surface area contributed by atoms with Gasteiger partial charge in [-0.15, -0.1) is 0 Å². The molecule has 2 heterocycles. The van der Waals surface area contributed by atoms with E-state index in [2.05, 4.69) is 18.0 Å². The van der Waals surface area contributed by atoms with E-state index in [1.54, 1.807) is 0 Å². The monoisotopic (exact) mass is 247 g/mol. The number of halogens is 1. The quantitative estimate of drug-likeness (QED) is 0.762. The number of hydrogen-bond acceptors (Lipinski definition) is 2. The molecule has 0 fully saturated rings. The topological polar surface area (TPSA) is 16.4 Å². The van der Waals surface area contributed by atoms with Gasteiger partial charge in [-0.2, -0.15) is 0 Å². The zero-order chi connectivity index (χ0) is 11.8. The molecule has 3 rings (SSSR count). The molecule has 1 aliphatic heterocycles. The Hall–Kier alpha value is -1.25. The van der Waals surface area contributed by atoms with Gasteiger partial charge in [-0.05, 0) is 37.2 Å². The number of hydrogen-bond donors (Lipinski definition) is 0. The average Bonchev–Trinajstić information content (AvgIpc) is 2.73. The first kappa shape index (κ1) is 10.9. The zero-order valence-corrected chi connectivity index (χ0v) is 10.5. The summed E-state index contributed by atoms with van der Waals surface area (Å²) in [6.45, 7) is 2.10. The summed E-state index contributed by atoms with van der Waals surface area (Å²) < 4.78 is 5.57. The van der Waals surface area contributed by atoms with Crippen LogP contribution in [0.5, 0.6) is 0 Å². The van der Waals surface area contributed by atoms with Crippen LogP contribution in [0.15, 0.2) is 35.0 Å². The molecule has 0 spiro atoms. The van der Waals surface area contributed by atoms with Gasteiger partial charge in [-0.3, -0.25) is 0 Å². The Balaban J connectivity index is 2.08. The van der Waals surface area contributed by atoms with Crippen molar-refractivity contribution in [2.24, 2.45) is 0 Å². The zero-order valence-electron chi connectivity index (χ0n) is 9.74. The molecule has 0 aliphatic carbocycles. The van der Waals surface area contributed by atoms with Crippen molar-refractivity contribution in [1.82, 2.24) is 4.90 Å². The Kier molecular flexibility index (Phi) is 2.69. The van der Waals surface area contributed by atoms with Crippen molar-refractivity contribution >= 4 is 28.1 Å². The number of rotatable bonds is 1. The van der Waals surface area contributed by atoms with E-state index in [4.69, 9.17) is 16.0 Å². The summed E-state index contributed by atoms with van der Waals surface area (Å²) in [5.41, 5.74) is 3.46. The summed E-state index contributed by atoms with van der Waals surface area (Å²) in [6, 6.07) is 5.77. The van der Waals surface area contributed by atoms with Crippen molar-refractivity contribution in [3.05, 3.63) is 41.1 Å². The summed E-state index contributed by atoms with van der Waals surface area (Å²) in [4.78, 5) is 2.30. The minimum Gasteiger partial charge on any atom is -0.464 e. The number of nitrogens with zero attached hydrogens (tertiary/aromatic N) is 1. The van der Waals surface area contributed by atoms with Crippen LogP contribution in [0.1, 0.15) is 12.0 Å². The van der Waals surface area contributed by atoms with Crippen molar-refractivity contribution in [1.29, 1.82) is 0 Å². The molecule has 0 amide bonds. The summed E-state index contributed by atoms with van der Waals surface area (Å²) in [6.07, 6.45) is 5.19. The van der Waals surface area contributed by atoms with Gasteiger partial charge in [0, 0.05) is 29.1 Å². The van der Waals surface area contributed by atoms with E-state index < -0.39 is 0 Å². The molecule has 0 unspecified atom stereocenters. The smallest absolute Gasteiger partial charge is 0.134 e. The first-order valence-electron chi connectivity index (χ1n) is 5.79. The minimum absolute atomic E-state index is 0.758. The highest BCUT2D eigenvalue weighted by molar-refractivity contribution is 6.31. The maximum Gasteiger partial charge on any atom is 0.134 e. The van der Waals surface area contributed by atoms with Crippen LogP contribution in [-0.4, -0.2) is 25.0 Å². The number of furan rings is 1. The lowest BCUT2D eigenvalue weighted by atomic mass is 9.99. The molecule has 0 atom stereocenters. The Labute approximate surface area is 105 Å². The Morgan fingerprint density at radius 3 is 3.00 bits per heavy atom. The van der Waals surface area contributed by atoms with Crippen LogP contribution >= 0.6 is 11.6 Å². The van der Waals surface area contributed by atoms with Gasteiger partial charge in [0.15, 0.2) is 0 Å². The van der Waals surface area contributed by atoms with Gasteiger partial charge in [0.1, 0.15) is 5.58 Å². The van der Waals surface area contributed by atoms with Gasteiger partial charge < -0.3 is 9.32 Å². The van der Waals surface area contributed by atoms with Crippen molar-refractivity contribution in [2.45, 2.75) is 6.42 Å². The largest absolute Gasteiger partial charge is 0.464 e. The summed E-state index contributed by atoms with van der Waals surface area (Å²) in [7, 11) is 2.14. The first-order chi connectivity index (χ1) is 8.24. The highest BCUT2D eigenvalue weighted by Gasteiger charge is 2.14. The first-order valence-corrected chi connectivity index (χ1v) is 6.16. The van der Waals surface area contributed by atoms with Gasteiger partial charge in [0.05, 0.1) is 6.26 Å². The van der Waals surface area contributed by atoms with E-state index in [9.17, 15) is 0 Å². The molecule has 1 aromatic carbocycles. The lowest BCUT2D eigenvalue weighted by molar-refractivity contribution is 0.370. The van der Waals surface area contributed by atoms with E-state index >= 15 is 0 Å². The minimum atomic E-state index is 0.758. The molecule has 0 saturated heterocycles. The van der Waals surface area contributed by atoms with Crippen LogP contribution in [0.4, 0.5) is 0 Å². The number of fused-ring (bicyclic) bond motifs is 1. The van der Waals surface area contributed by atoms with E-state index in [0.717, 1.165) is 35.5 Å². The summed E-state index contributed by atoms with van der Waals surface area (Å²) in [5.74, 6) is 0. The molecule has 0 N–H and O–H groups in total. The van der Waals surface area contributed by atoms with Gasteiger partial charge in [-0.25, -0.2) is 0 Å². The summed E-state index contributed by atoms with van der Waals surface area (Å²) in [5, 5.41) is 1.88. The molecule has 1 aromatic heterocycles. The second-order valence-electron chi connectivity index (χ2n) is 4.53. The fourth-order valence-corrected chi connectivity index (χ4v) is 2.44. The normalized spacial score (nSPS) is 17.4. The third-order valence-corrected chi connectivity index (χ3v) is 3.53. The van der Waals surface area contributed by atoms with Crippen molar-refractivity contribution in [3.63, 3.8) is 0 Å². The second kappa shape index (κ2) is 4.21. The van der Waals surface area contributed by atoms with Crippen LogP contribution in [0.2, 0.25) is 5.02 Å². The Bertz CT molecular complexity index is 585. The molecule has 2 aromatic rings. The Morgan fingerprint density at radius 1 is 1.35 bits per heavy atom. The molecule has 17 heavy (non-hydrogen) atoms. The molecule has 2 nitrogen and oxygen atoms in total. The van der Waals surface area contributed by atoms with Crippen molar-refractivity contribution in [3.8, 4) is 0 Å². The third kappa shape index (κ3) is 1.99. The van der Waals surface area contributed by atoms with Gasteiger partial charge in [0.25, 0.3) is 0 Å². The van der Waals surface area contributed by atoms with Crippen LogP contribution in [0.25, 0.3) is 16.5 Å². The SMILES string of the molecule is CN1CC=C(c2coc3ccc(Cl)cc23)CC1. The van der Waals surface area contributed by atoms with Crippen LogP contribution in [0, 0.1) is 0 Å². The van der Waals surface area contributed by atoms with E-state index in [1.165, 1.54) is 11.1 Å². The van der Waals surface area contributed by atoms with E-state index in [-0.39, 0.29) is 0 Å². The van der Waals surface area contributed by atoms with Gasteiger partial charge in [-0.1, -0.05) is 17.7 Å². The van der Waals surface area contributed by atoms with Crippen molar-refractivity contribution < 1.29 is 4.42 Å². The summed E-state index contributed by atoms with van der Waals surface area (Å²) >= 11 is 6.04. The maximum absolute atomic E-state index is 6.04. The van der Waals surface area contributed by atoms with Crippen LogP contribution in [0.3, 0.4) is 0 Å². The highest BCUT2D eigenvalue weighted by Crippen LogP contribution is 2.32. The fraction of sp³-hybridized carbons (Fsp3) is 0.286. The van der Waals surface area contributed by atoms with Crippen LogP contribution in [-0.2, 0) is 0 Å². The number of likely N-dealkylation sites (N-methyl/N-ethyl adjacent to an activating group) is 1. The molecule has 88 valence electrons. The molecular weight excluding hydrogens is 234 g/mol. The molecule has 3 heteroatoms. The number of benzene rings is 1. The highest BCUT2D eigenvalue weighted by atomic mass is 35.5. The molecule has 0 bridgehead atoms. The lowest BCUT2D eigenvalue weighted by Crippen LogP contribution is -2.23. The maximum atomic E-state index is 6.04. The molecule has 0 saturated carbocycles. The lowest BCUT2D eigenvalue weighted by Gasteiger charge is -2.21.